The molecule has 7 nitrogen and oxygen atoms in total. The van der Waals surface area contributed by atoms with Gasteiger partial charge in [-0.25, -0.2) is 8.42 Å². The van der Waals surface area contributed by atoms with Crippen LogP contribution in [0.5, 0.6) is 0 Å². The lowest BCUT2D eigenvalue weighted by molar-refractivity contribution is -0.125. The highest BCUT2D eigenvalue weighted by Crippen LogP contribution is 2.40. The number of benzene rings is 2. The average molecular weight is 585 g/mol. The third-order valence-corrected chi connectivity index (χ3v) is 9.66. The van der Waals surface area contributed by atoms with Gasteiger partial charge in [-0.3, -0.25) is 4.79 Å². The molecule has 210 valence electrons. The van der Waals surface area contributed by atoms with Gasteiger partial charge in [-0.1, -0.05) is 48.2 Å². The molecule has 0 radical (unpaired) electrons. The number of rotatable bonds is 13. The molecule has 0 saturated heterocycles. The number of ether oxygens (including phenoxy) is 1. The van der Waals surface area contributed by atoms with Crippen molar-refractivity contribution in [1.82, 2.24) is 14.5 Å². The van der Waals surface area contributed by atoms with Crippen molar-refractivity contribution < 1.29 is 17.9 Å². The maximum Gasteiger partial charge on any atom is 0.245 e. The van der Waals surface area contributed by atoms with Gasteiger partial charge in [-0.05, 0) is 87.2 Å². The zero-order valence-corrected chi connectivity index (χ0v) is 24.7. The van der Waals surface area contributed by atoms with Crippen LogP contribution in [-0.2, 0) is 19.6 Å². The van der Waals surface area contributed by atoms with Crippen LogP contribution >= 0.6 is 23.2 Å². The summed E-state index contributed by atoms with van der Waals surface area (Å²) in [6, 6.07) is 14.6. The van der Waals surface area contributed by atoms with E-state index in [1.54, 1.807) is 0 Å². The lowest BCUT2D eigenvalue weighted by Gasteiger charge is -2.37. The van der Waals surface area contributed by atoms with Crippen LogP contribution in [-0.4, -0.2) is 71.0 Å². The minimum absolute atomic E-state index is 0.0901. The fourth-order valence-electron chi connectivity index (χ4n) is 5.18. The molecular weight excluding hydrogens is 545 g/mol. The molecule has 38 heavy (non-hydrogen) atoms. The number of halogens is 2. The molecule has 0 aliphatic heterocycles. The highest BCUT2D eigenvalue weighted by molar-refractivity contribution is 7.89. The lowest BCUT2D eigenvalue weighted by atomic mass is 9.75. The maximum atomic E-state index is 12.6. The molecule has 1 unspecified atom stereocenters. The van der Waals surface area contributed by atoms with E-state index >= 15 is 0 Å². The van der Waals surface area contributed by atoms with E-state index in [2.05, 4.69) is 36.4 Å². The zero-order chi connectivity index (χ0) is 27.7. The van der Waals surface area contributed by atoms with Gasteiger partial charge in [0.1, 0.15) is 6.61 Å². The van der Waals surface area contributed by atoms with Crippen LogP contribution in [0.1, 0.15) is 43.7 Å². The number of nitrogens with zero attached hydrogens (tertiary/aromatic N) is 2. The van der Waals surface area contributed by atoms with Gasteiger partial charge in [-0.2, -0.15) is 4.31 Å². The molecule has 1 saturated carbocycles. The van der Waals surface area contributed by atoms with Gasteiger partial charge >= 0.3 is 0 Å². The summed E-state index contributed by atoms with van der Waals surface area (Å²) in [5.41, 5.74) is 1.31. The second kappa shape index (κ2) is 14.6. The van der Waals surface area contributed by atoms with Crippen LogP contribution in [0.25, 0.3) is 0 Å². The molecule has 2 aromatic rings. The molecular formula is C28H39Cl2N3O4S. The van der Waals surface area contributed by atoms with Gasteiger partial charge in [0.05, 0.1) is 11.5 Å². The van der Waals surface area contributed by atoms with Crippen molar-refractivity contribution in [2.24, 2.45) is 11.8 Å². The molecule has 1 fully saturated rings. The Hall–Kier alpha value is -1.68. The van der Waals surface area contributed by atoms with E-state index in [0.29, 0.717) is 29.4 Å². The summed E-state index contributed by atoms with van der Waals surface area (Å²) in [6.45, 7) is 0.802. The minimum Gasteiger partial charge on any atom is -0.370 e. The summed E-state index contributed by atoms with van der Waals surface area (Å²) in [7, 11) is 2.13. The number of hydrogen-bond acceptors (Lipinski definition) is 5. The number of nitrogens with one attached hydrogen (secondary N) is 1. The van der Waals surface area contributed by atoms with E-state index in [-0.39, 0.29) is 30.6 Å². The first-order valence-corrected chi connectivity index (χ1v) is 15.3. The average Bonchev–Trinajstić information content (AvgIpc) is 2.88. The van der Waals surface area contributed by atoms with Crippen LogP contribution in [0.4, 0.5) is 0 Å². The first kappa shape index (κ1) is 30.9. The lowest BCUT2D eigenvalue weighted by Crippen LogP contribution is -2.34. The van der Waals surface area contributed by atoms with E-state index < -0.39 is 10.0 Å². The zero-order valence-electron chi connectivity index (χ0n) is 22.4. The molecule has 2 aromatic carbocycles. The summed E-state index contributed by atoms with van der Waals surface area (Å²) in [5.74, 6) is 1.02. The van der Waals surface area contributed by atoms with Crippen molar-refractivity contribution in [3.63, 3.8) is 0 Å². The Morgan fingerprint density at radius 3 is 2.13 bits per heavy atom. The fraction of sp³-hybridized carbons (Fsp3) is 0.536. The van der Waals surface area contributed by atoms with Crippen LogP contribution in [0.15, 0.2) is 53.4 Å². The van der Waals surface area contributed by atoms with Crippen LogP contribution in [0, 0.1) is 11.8 Å². The number of sulfonamides is 1. The second-order valence-electron chi connectivity index (χ2n) is 10.2. The first-order chi connectivity index (χ1) is 18.1. The first-order valence-electron chi connectivity index (χ1n) is 13.1. The highest BCUT2D eigenvalue weighted by Gasteiger charge is 2.30. The Morgan fingerprint density at radius 2 is 1.55 bits per heavy atom. The van der Waals surface area contributed by atoms with Crippen molar-refractivity contribution >= 4 is 39.1 Å². The number of likely N-dealkylation sites (N-methyl/N-ethyl adjacent to an activating group) is 1. The van der Waals surface area contributed by atoms with Crippen molar-refractivity contribution in [1.29, 1.82) is 0 Å². The minimum atomic E-state index is -3.63. The molecule has 10 heteroatoms. The van der Waals surface area contributed by atoms with Crippen molar-refractivity contribution in [2.75, 3.05) is 47.4 Å². The van der Waals surface area contributed by atoms with Crippen LogP contribution < -0.4 is 5.32 Å². The van der Waals surface area contributed by atoms with Crippen molar-refractivity contribution in [3.8, 4) is 0 Å². The third-order valence-electron chi connectivity index (χ3n) is 7.29. The highest BCUT2D eigenvalue weighted by atomic mass is 35.5. The Labute approximate surface area is 237 Å². The molecule has 1 N–H and O–H groups in total. The largest absolute Gasteiger partial charge is 0.370 e. The second-order valence-corrected chi connectivity index (χ2v) is 13.1. The van der Waals surface area contributed by atoms with Crippen molar-refractivity contribution in [3.05, 3.63) is 64.1 Å². The fourth-order valence-corrected chi connectivity index (χ4v) is 6.58. The van der Waals surface area contributed by atoms with E-state index in [1.807, 2.05) is 12.1 Å². The molecule has 1 aliphatic rings. The van der Waals surface area contributed by atoms with Gasteiger partial charge < -0.3 is 15.0 Å². The van der Waals surface area contributed by atoms with Gasteiger partial charge in [0.2, 0.25) is 15.9 Å². The van der Waals surface area contributed by atoms with Gasteiger partial charge in [0.15, 0.2) is 0 Å². The monoisotopic (exact) mass is 583 g/mol. The SMILES string of the molecule is CN(C)C(c1ccc(Cl)cc1)C1CCC(CCNC(=O)COCCN(C)S(=O)(=O)c2ccc(Cl)cc2)CC1. The Morgan fingerprint density at radius 1 is 0.974 bits per heavy atom. The summed E-state index contributed by atoms with van der Waals surface area (Å²) in [4.78, 5) is 14.7. The van der Waals surface area contributed by atoms with Crippen LogP contribution in [0.2, 0.25) is 10.0 Å². The van der Waals surface area contributed by atoms with E-state index in [4.69, 9.17) is 27.9 Å². The Bertz CT molecular complexity index is 1120. The predicted octanol–water partition coefficient (Wildman–Crippen LogP) is 5.25. The molecule has 1 aliphatic carbocycles. The number of carbonyl (C=O) groups is 1. The Balaban J connectivity index is 1.31. The maximum absolute atomic E-state index is 12.6. The summed E-state index contributed by atoms with van der Waals surface area (Å²) >= 11 is 11.9. The Kier molecular flexibility index (Phi) is 11.9. The van der Waals surface area contributed by atoms with E-state index in [9.17, 15) is 13.2 Å². The van der Waals surface area contributed by atoms with Crippen LogP contribution in [0.3, 0.4) is 0 Å². The molecule has 1 amide bonds. The van der Waals surface area contributed by atoms with Gasteiger partial charge in [-0.15, -0.1) is 0 Å². The van der Waals surface area contributed by atoms with Gasteiger partial charge in [0.25, 0.3) is 0 Å². The molecule has 1 atom stereocenters. The molecule has 0 spiro atoms. The van der Waals surface area contributed by atoms with E-state index in [0.717, 1.165) is 24.3 Å². The quantitative estimate of drug-likeness (QED) is 0.326. The standard InChI is InChI=1S/C28H39Cl2N3O4S/c1-32(2)28(23-8-10-24(29)11-9-23)22-6-4-21(5-7-22)16-17-31-27(34)20-37-19-18-33(3)38(35,36)26-14-12-25(30)13-15-26/h8-15,21-22,28H,4-7,16-20H2,1-3H3,(H,31,34). The topological polar surface area (TPSA) is 79.0 Å². The molecule has 3 rings (SSSR count). The number of carbonyl (C=O) groups excluding carboxylic acids is 1. The molecule has 0 aromatic heterocycles. The summed E-state index contributed by atoms with van der Waals surface area (Å²) in [5, 5.41) is 4.17. The smallest absolute Gasteiger partial charge is 0.245 e. The third kappa shape index (κ3) is 8.93. The molecule has 0 bridgehead atoms. The number of hydrogen-bond donors (Lipinski definition) is 1. The summed E-state index contributed by atoms with van der Waals surface area (Å²) in [6.07, 6.45) is 5.60. The normalized spacial score (nSPS) is 19.0. The van der Waals surface area contributed by atoms with Gasteiger partial charge in [0, 0.05) is 36.2 Å². The van der Waals surface area contributed by atoms with E-state index in [1.165, 1.54) is 54.0 Å². The predicted molar refractivity (Wildman–Crippen MR) is 153 cm³/mol. The van der Waals surface area contributed by atoms with Crippen molar-refractivity contribution in [2.45, 2.75) is 43.0 Å². The summed E-state index contributed by atoms with van der Waals surface area (Å²) < 4.78 is 31.8. The molecule has 0 heterocycles. The number of amides is 1.